The average Bonchev–Trinajstić information content (AvgIpc) is 3.76. The first-order valence-corrected chi connectivity index (χ1v) is 16.8. The molecule has 50 heavy (non-hydrogen) atoms. The number of nitrogens with zero attached hydrogens (tertiary/aromatic N) is 2. The fourth-order valence-corrected chi connectivity index (χ4v) is 7.53. The lowest BCUT2D eigenvalue weighted by atomic mass is 10.0. The maximum Gasteiger partial charge on any atom is 0.0629 e. The van der Waals surface area contributed by atoms with E-state index >= 15 is 0 Å². The molecule has 0 unspecified atom stereocenters. The predicted molar refractivity (Wildman–Crippen MR) is 211 cm³/mol. The molecular formula is C48H32N2. The standard InChI is InChI=1S/C48H32N2/c1-3-11-33(12-4-1)35-19-21-36(22-20-35)38-25-29-40(30-26-38)50-44-18-10-8-16-42(44)48-46(50)32-31-45-47(48)41-15-7-9-17-43(41)49(45)39-27-23-37(24-28-39)34-13-5-2-6-14-34/h1-32H/i1D,3D,4D,11D,12D. The number of hydrogen-bond donors (Lipinski definition) is 0. The molecule has 0 aliphatic heterocycles. The Hall–Kier alpha value is -6.64. The Kier molecular flexibility index (Phi) is 5.44. The molecule has 0 radical (unpaired) electrons. The van der Waals surface area contributed by atoms with Gasteiger partial charge in [0.25, 0.3) is 0 Å². The Morgan fingerprint density at radius 2 is 0.680 bits per heavy atom. The van der Waals surface area contributed by atoms with E-state index in [1.54, 1.807) is 0 Å². The van der Waals surface area contributed by atoms with Crippen molar-refractivity contribution in [2.24, 2.45) is 0 Å². The molecule has 0 aliphatic carbocycles. The van der Waals surface area contributed by atoms with Crippen LogP contribution in [-0.4, -0.2) is 9.13 Å². The highest BCUT2D eigenvalue weighted by Crippen LogP contribution is 2.42. The molecule has 2 nitrogen and oxygen atoms in total. The fraction of sp³-hybridized carbons (Fsp3) is 0. The monoisotopic (exact) mass is 641 g/mol. The minimum absolute atomic E-state index is 0.200. The van der Waals surface area contributed by atoms with E-state index < -0.39 is 0 Å². The molecule has 8 aromatic carbocycles. The Morgan fingerprint density at radius 3 is 1.16 bits per heavy atom. The zero-order valence-corrected chi connectivity index (χ0v) is 27.0. The Morgan fingerprint density at radius 1 is 0.300 bits per heavy atom. The van der Waals surface area contributed by atoms with Crippen LogP contribution in [-0.2, 0) is 0 Å². The first-order valence-electron chi connectivity index (χ1n) is 19.3. The van der Waals surface area contributed by atoms with E-state index in [0.29, 0.717) is 5.56 Å². The van der Waals surface area contributed by atoms with E-state index in [0.717, 1.165) is 44.6 Å². The summed E-state index contributed by atoms with van der Waals surface area (Å²) in [6, 6.07) is 55.7. The van der Waals surface area contributed by atoms with E-state index in [-0.39, 0.29) is 35.8 Å². The highest BCUT2D eigenvalue weighted by Gasteiger charge is 2.20. The lowest BCUT2D eigenvalue weighted by Crippen LogP contribution is -1.95. The van der Waals surface area contributed by atoms with Crippen LogP contribution in [0.3, 0.4) is 0 Å². The second-order valence-corrected chi connectivity index (χ2v) is 12.6. The molecule has 0 saturated carbocycles. The molecule has 0 fully saturated rings. The highest BCUT2D eigenvalue weighted by atomic mass is 15.0. The van der Waals surface area contributed by atoms with Gasteiger partial charge in [-0.1, -0.05) is 145 Å². The van der Waals surface area contributed by atoms with Gasteiger partial charge in [0.05, 0.1) is 28.9 Å². The molecule has 0 atom stereocenters. The van der Waals surface area contributed by atoms with Crippen molar-refractivity contribution in [2.45, 2.75) is 0 Å². The van der Waals surface area contributed by atoms with Gasteiger partial charge in [-0.25, -0.2) is 0 Å². The van der Waals surface area contributed by atoms with Crippen molar-refractivity contribution >= 4 is 43.6 Å². The Balaban J connectivity index is 1.08. The van der Waals surface area contributed by atoms with Crippen molar-refractivity contribution in [1.82, 2.24) is 9.13 Å². The van der Waals surface area contributed by atoms with Gasteiger partial charge in [-0.3, -0.25) is 0 Å². The summed E-state index contributed by atoms with van der Waals surface area (Å²) in [5.41, 5.74) is 11.9. The van der Waals surface area contributed by atoms with Gasteiger partial charge in [0, 0.05) is 32.9 Å². The van der Waals surface area contributed by atoms with Crippen molar-refractivity contribution in [3.8, 4) is 44.8 Å². The number of para-hydroxylation sites is 2. The first-order chi connectivity index (χ1) is 26.9. The minimum atomic E-state index is -0.389. The van der Waals surface area contributed by atoms with Crippen LogP contribution in [0.5, 0.6) is 0 Å². The van der Waals surface area contributed by atoms with Gasteiger partial charge in [0.1, 0.15) is 0 Å². The number of hydrogen-bond acceptors (Lipinski definition) is 0. The molecule has 0 bridgehead atoms. The van der Waals surface area contributed by atoms with E-state index in [2.05, 4.69) is 143 Å². The highest BCUT2D eigenvalue weighted by molar-refractivity contribution is 6.28. The molecule has 0 saturated heterocycles. The topological polar surface area (TPSA) is 9.86 Å². The van der Waals surface area contributed by atoms with Crippen LogP contribution in [0.1, 0.15) is 6.85 Å². The van der Waals surface area contributed by atoms with E-state index in [9.17, 15) is 0 Å². The first kappa shape index (κ1) is 23.6. The molecule has 0 amide bonds. The zero-order valence-electron chi connectivity index (χ0n) is 32.0. The SMILES string of the molecule is [2H]c1c([2H])c([2H])c(-c2ccc(-c3ccc(-n4c5ccccc5c5c6c7ccccc7n(-c7ccc(-c8ccccc8)cc7)c6ccc54)cc3)cc2)c([2H])c1[2H]. The van der Waals surface area contributed by atoms with Crippen molar-refractivity contribution < 1.29 is 6.85 Å². The zero-order chi connectivity index (χ0) is 37.4. The van der Waals surface area contributed by atoms with Crippen LogP contribution < -0.4 is 0 Å². The molecule has 0 spiro atoms. The van der Waals surface area contributed by atoms with Crippen LogP contribution in [0.15, 0.2) is 194 Å². The van der Waals surface area contributed by atoms with Gasteiger partial charge in [0.15, 0.2) is 0 Å². The average molecular weight is 642 g/mol. The van der Waals surface area contributed by atoms with E-state index in [1.807, 2.05) is 30.3 Å². The van der Waals surface area contributed by atoms with Crippen molar-refractivity contribution in [1.29, 1.82) is 0 Å². The number of rotatable bonds is 5. The molecule has 2 aromatic heterocycles. The predicted octanol–water partition coefficient (Wildman–Crippen LogP) is 12.9. The largest absolute Gasteiger partial charge is 0.309 e. The molecule has 0 aliphatic rings. The molecule has 10 rings (SSSR count). The van der Waals surface area contributed by atoms with Gasteiger partial charge >= 0.3 is 0 Å². The summed E-state index contributed by atoms with van der Waals surface area (Å²) >= 11 is 0. The van der Waals surface area contributed by atoms with Crippen LogP contribution in [0.25, 0.3) is 88.4 Å². The van der Waals surface area contributed by atoms with Gasteiger partial charge < -0.3 is 9.13 Å². The number of benzene rings is 8. The summed E-state index contributed by atoms with van der Waals surface area (Å²) in [7, 11) is 0. The smallest absolute Gasteiger partial charge is 0.0629 e. The molecule has 2 heterocycles. The lowest BCUT2D eigenvalue weighted by molar-refractivity contribution is 1.17. The maximum atomic E-state index is 8.38. The second kappa shape index (κ2) is 11.5. The summed E-state index contributed by atoms with van der Waals surface area (Å²) in [5, 5.41) is 4.85. The van der Waals surface area contributed by atoms with E-state index in [4.69, 9.17) is 6.85 Å². The quantitative estimate of drug-likeness (QED) is 0.177. The normalized spacial score (nSPS) is 13.0. The van der Waals surface area contributed by atoms with Crippen LogP contribution in [0.2, 0.25) is 0 Å². The molecule has 0 N–H and O–H groups in total. The Bertz CT molecular complexity index is 3080. The van der Waals surface area contributed by atoms with E-state index in [1.165, 1.54) is 32.7 Å². The summed E-state index contributed by atoms with van der Waals surface area (Å²) in [5.74, 6) is 0. The summed E-state index contributed by atoms with van der Waals surface area (Å²) in [6.45, 7) is 0. The van der Waals surface area contributed by atoms with Gasteiger partial charge in [-0.2, -0.15) is 0 Å². The molecule has 10 aromatic rings. The third-order valence-electron chi connectivity index (χ3n) is 9.84. The minimum Gasteiger partial charge on any atom is -0.309 e. The number of aromatic nitrogens is 2. The third kappa shape index (κ3) is 4.50. The molecular weight excluding hydrogens is 605 g/mol. The third-order valence-corrected chi connectivity index (χ3v) is 9.84. The van der Waals surface area contributed by atoms with Gasteiger partial charge in [-0.15, -0.1) is 0 Å². The van der Waals surface area contributed by atoms with Crippen LogP contribution in [0.4, 0.5) is 0 Å². The fourth-order valence-electron chi connectivity index (χ4n) is 7.53. The lowest BCUT2D eigenvalue weighted by Gasteiger charge is -2.11. The second-order valence-electron chi connectivity index (χ2n) is 12.6. The summed E-state index contributed by atoms with van der Waals surface area (Å²) < 4.78 is 45.6. The van der Waals surface area contributed by atoms with Crippen molar-refractivity contribution in [3.63, 3.8) is 0 Å². The number of fused-ring (bicyclic) bond motifs is 7. The summed E-state index contributed by atoms with van der Waals surface area (Å²) in [6.07, 6.45) is 0. The molecule has 234 valence electrons. The van der Waals surface area contributed by atoms with Crippen molar-refractivity contribution in [2.75, 3.05) is 0 Å². The van der Waals surface area contributed by atoms with Gasteiger partial charge in [-0.05, 0) is 81.9 Å². The van der Waals surface area contributed by atoms with Crippen LogP contribution >= 0.6 is 0 Å². The Labute approximate surface area is 297 Å². The van der Waals surface area contributed by atoms with Crippen LogP contribution in [0, 0.1) is 0 Å². The summed E-state index contributed by atoms with van der Waals surface area (Å²) in [4.78, 5) is 0. The van der Waals surface area contributed by atoms with Gasteiger partial charge in [0.2, 0.25) is 0 Å². The maximum absolute atomic E-state index is 8.38. The van der Waals surface area contributed by atoms with Crippen molar-refractivity contribution in [3.05, 3.63) is 194 Å². The molecule has 2 heteroatoms.